The van der Waals surface area contributed by atoms with Crippen molar-refractivity contribution in [1.82, 2.24) is 9.62 Å². The van der Waals surface area contributed by atoms with Gasteiger partial charge in [0.1, 0.15) is 0 Å². The van der Waals surface area contributed by atoms with Gasteiger partial charge in [0.15, 0.2) is 0 Å². The van der Waals surface area contributed by atoms with Gasteiger partial charge in [-0.3, -0.25) is 0 Å². The minimum absolute atomic E-state index is 0.369. The van der Waals surface area contributed by atoms with Crippen LogP contribution in [-0.2, 0) is 10.0 Å². The Balaban J connectivity index is 2.10. The molecule has 0 bridgehead atoms. The Morgan fingerprint density at radius 3 is 2.63 bits per heavy atom. The molecular weight excluding hydrogens is 328 g/mol. The summed E-state index contributed by atoms with van der Waals surface area (Å²) in [6.45, 7) is 2.19. The average Bonchev–Trinajstić information content (AvgIpc) is 2.40. The minimum atomic E-state index is -3.34. The molecule has 1 aliphatic rings. The molecule has 4 nitrogen and oxygen atoms in total. The van der Waals surface area contributed by atoms with Crippen LogP contribution in [-0.4, -0.2) is 39.4 Å². The Labute approximate surface area is 123 Å². The molecule has 6 heteroatoms. The number of halogens is 1. The van der Waals surface area contributed by atoms with E-state index in [1.165, 1.54) is 0 Å². The predicted octanol–water partition coefficient (Wildman–Crippen LogP) is 2.07. The van der Waals surface area contributed by atoms with Crippen LogP contribution in [0.1, 0.15) is 12.8 Å². The van der Waals surface area contributed by atoms with E-state index in [4.69, 9.17) is 0 Å². The summed E-state index contributed by atoms with van der Waals surface area (Å²) in [5.74, 6) is 0.582. The van der Waals surface area contributed by atoms with Crippen LogP contribution < -0.4 is 5.32 Å². The highest BCUT2D eigenvalue weighted by atomic mass is 79.9. The predicted molar refractivity (Wildman–Crippen MR) is 79.6 cm³/mol. The average molecular weight is 347 g/mol. The van der Waals surface area contributed by atoms with E-state index in [0.29, 0.717) is 23.9 Å². The summed E-state index contributed by atoms with van der Waals surface area (Å²) in [6.07, 6.45) is 1.85. The van der Waals surface area contributed by atoms with Gasteiger partial charge in [0.2, 0.25) is 10.0 Å². The molecule has 1 saturated heterocycles. The molecule has 0 unspecified atom stereocenters. The molecule has 1 aliphatic heterocycles. The highest BCUT2D eigenvalue weighted by molar-refractivity contribution is 9.10. The SMILES string of the molecule is CNCC1CCN(S(=O)(=O)c2cccc(Br)c2)CC1. The van der Waals surface area contributed by atoms with Gasteiger partial charge in [-0.05, 0) is 50.6 Å². The molecule has 1 aromatic rings. The zero-order valence-corrected chi connectivity index (χ0v) is 13.4. The third-order valence-electron chi connectivity index (χ3n) is 3.50. The van der Waals surface area contributed by atoms with Crippen LogP contribution in [0.4, 0.5) is 0 Å². The standard InChI is InChI=1S/C13H19BrN2O2S/c1-15-10-11-5-7-16(8-6-11)19(17,18)13-4-2-3-12(14)9-13/h2-4,9,11,15H,5-8,10H2,1H3. The number of rotatable bonds is 4. The van der Waals surface area contributed by atoms with Crippen LogP contribution in [0, 0.1) is 5.92 Å². The van der Waals surface area contributed by atoms with E-state index < -0.39 is 10.0 Å². The molecule has 106 valence electrons. The third kappa shape index (κ3) is 3.56. The van der Waals surface area contributed by atoms with Gasteiger partial charge in [-0.15, -0.1) is 0 Å². The first-order valence-corrected chi connectivity index (χ1v) is 8.67. The summed E-state index contributed by atoms with van der Waals surface area (Å²) in [5.41, 5.74) is 0. The summed E-state index contributed by atoms with van der Waals surface area (Å²) < 4.78 is 27.4. The van der Waals surface area contributed by atoms with Crippen LogP contribution in [0.2, 0.25) is 0 Å². The highest BCUT2D eigenvalue weighted by Gasteiger charge is 2.29. The van der Waals surface area contributed by atoms with E-state index in [-0.39, 0.29) is 0 Å². The number of sulfonamides is 1. The Kier molecular flexibility index (Phi) is 5.00. The van der Waals surface area contributed by atoms with Gasteiger partial charge in [0.25, 0.3) is 0 Å². The number of hydrogen-bond donors (Lipinski definition) is 1. The van der Waals surface area contributed by atoms with Crippen molar-refractivity contribution in [1.29, 1.82) is 0 Å². The molecule has 2 rings (SSSR count). The van der Waals surface area contributed by atoms with Gasteiger partial charge in [-0.25, -0.2) is 8.42 Å². The van der Waals surface area contributed by atoms with Crippen molar-refractivity contribution >= 4 is 26.0 Å². The van der Waals surface area contributed by atoms with Crippen molar-refractivity contribution < 1.29 is 8.42 Å². The molecule has 0 amide bonds. The van der Waals surface area contributed by atoms with Crippen LogP contribution >= 0.6 is 15.9 Å². The zero-order valence-electron chi connectivity index (χ0n) is 11.0. The molecule has 0 atom stereocenters. The minimum Gasteiger partial charge on any atom is -0.319 e. The summed E-state index contributed by atoms with van der Waals surface area (Å²) in [5, 5.41) is 3.16. The lowest BCUT2D eigenvalue weighted by atomic mass is 9.98. The zero-order chi connectivity index (χ0) is 13.9. The second kappa shape index (κ2) is 6.35. The first kappa shape index (κ1) is 15.0. The quantitative estimate of drug-likeness (QED) is 0.907. The molecule has 0 aliphatic carbocycles. The lowest BCUT2D eigenvalue weighted by Gasteiger charge is -2.31. The number of piperidine rings is 1. The third-order valence-corrected chi connectivity index (χ3v) is 5.89. The van der Waals surface area contributed by atoms with Gasteiger partial charge in [-0.1, -0.05) is 22.0 Å². The van der Waals surface area contributed by atoms with Crippen LogP contribution in [0.3, 0.4) is 0 Å². The van der Waals surface area contributed by atoms with E-state index >= 15 is 0 Å². The Morgan fingerprint density at radius 1 is 1.37 bits per heavy atom. The van der Waals surface area contributed by atoms with E-state index in [9.17, 15) is 8.42 Å². The van der Waals surface area contributed by atoms with Gasteiger partial charge >= 0.3 is 0 Å². The van der Waals surface area contributed by atoms with Gasteiger partial charge < -0.3 is 5.32 Å². The van der Waals surface area contributed by atoms with Crippen molar-refractivity contribution in [3.05, 3.63) is 28.7 Å². The second-order valence-corrected chi connectivity index (χ2v) is 7.72. The maximum atomic E-state index is 12.5. The molecule has 0 saturated carbocycles. The van der Waals surface area contributed by atoms with Crippen molar-refractivity contribution in [2.75, 3.05) is 26.7 Å². The molecule has 1 heterocycles. The monoisotopic (exact) mass is 346 g/mol. The number of nitrogens with zero attached hydrogens (tertiary/aromatic N) is 1. The van der Waals surface area contributed by atoms with Crippen molar-refractivity contribution in [2.45, 2.75) is 17.7 Å². The maximum absolute atomic E-state index is 12.5. The fraction of sp³-hybridized carbons (Fsp3) is 0.538. The van der Waals surface area contributed by atoms with Crippen LogP contribution in [0.15, 0.2) is 33.6 Å². The first-order chi connectivity index (χ1) is 9.04. The normalized spacial score (nSPS) is 18.6. The molecule has 1 aromatic carbocycles. The van der Waals surface area contributed by atoms with Crippen molar-refractivity contribution in [2.24, 2.45) is 5.92 Å². The smallest absolute Gasteiger partial charge is 0.243 e. The Hall–Kier alpha value is -0.430. The highest BCUT2D eigenvalue weighted by Crippen LogP contribution is 2.25. The Morgan fingerprint density at radius 2 is 2.05 bits per heavy atom. The van der Waals surface area contributed by atoms with E-state index in [1.54, 1.807) is 22.5 Å². The summed E-state index contributed by atoms with van der Waals surface area (Å²) in [6, 6.07) is 6.90. The number of hydrogen-bond acceptors (Lipinski definition) is 3. The molecule has 19 heavy (non-hydrogen) atoms. The number of nitrogens with one attached hydrogen (secondary N) is 1. The van der Waals surface area contributed by atoms with E-state index in [0.717, 1.165) is 23.9 Å². The van der Waals surface area contributed by atoms with Crippen LogP contribution in [0.5, 0.6) is 0 Å². The lowest BCUT2D eigenvalue weighted by Crippen LogP contribution is -2.40. The molecule has 1 N–H and O–H groups in total. The van der Waals surface area contributed by atoms with Crippen LogP contribution in [0.25, 0.3) is 0 Å². The molecule has 0 spiro atoms. The van der Waals surface area contributed by atoms with Crippen molar-refractivity contribution in [3.8, 4) is 0 Å². The topological polar surface area (TPSA) is 49.4 Å². The fourth-order valence-electron chi connectivity index (χ4n) is 2.42. The Bertz CT molecular complexity index is 525. The first-order valence-electron chi connectivity index (χ1n) is 6.44. The number of benzene rings is 1. The maximum Gasteiger partial charge on any atom is 0.243 e. The lowest BCUT2D eigenvalue weighted by molar-refractivity contribution is 0.270. The van der Waals surface area contributed by atoms with Gasteiger partial charge in [-0.2, -0.15) is 4.31 Å². The fourth-order valence-corrected chi connectivity index (χ4v) is 4.49. The largest absolute Gasteiger partial charge is 0.319 e. The molecular formula is C13H19BrN2O2S. The summed E-state index contributed by atoms with van der Waals surface area (Å²) in [4.78, 5) is 0.369. The van der Waals surface area contributed by atoms with Gasteiger partial charge in [0, 0.05) is 17.6 Å². The summed E-state index contributed by atoms with van der Waals surface area (Å²) >= 11 is 3.32. The molecule has 1 fully saturated rings. The molecule has 0 radical (unpaired) electrons. The van der Waals surface area contributed by atoms with E-state index in [2.05, 4.69) is 21.2 Å². The summed E-state index contributed by atoms with van der Waals surface area (Å²) in [7, 11) is -1.40. The second-order valence-electron chi connectivity index (χ2n) is 4.86. The van der Waals surface area contributed by atoms with Gasteiger partial charge in [0.05, 0.1) is 4.90 Å². The van der Waals surface area contributed by atoms with Crippen molar-refractivity contribution in [3.63, 3.8) is 0 Å². The molecule has 0 aromatic heterocycles. The van der Waals surface area contributed by atoms with E-state index in [1.807, 2.05) is 13.1 Å².